The van der Waals surface area contributed by atoms with Crippen molar-refractivity contribution in [2.75, 3.05) is 11.9 Å². The van der Waals surface area contributed by atoms with Crippen LogP contribution >= 0.6 is 0 Å². The standard InChI is InChI=1S/C16H23N3O3/c1-10(12-4-3-5-13(8-12)19-11(2)20)18-16(21)15-7-6-14(9-17)22-15/h3-5,8,10,14-15H,6-7,9,17H2,1-2H3,(H,18,21)(H,19,20)/t10?,14-,15+/m1/s1. The highest BCUT2D eigenvalue weighted by Gasteiger charge is 2.30. The Hall–Kier alpha value is -1.92. The van der Waals surface area contributed by atoms with Crippen LogP contribution < -0.4 is 16.4 Å². The van der Waals surface area contributed by atoms with Gasteiger partial charge in [0, 0.05) is 19.2 Å². The molecule has 0 radical (unpaired) electrons. The topological polar surface area (TPSA) is 93.5 Å². The second-order valence-electron chi connectivity index (χ2n) is 5.60. The molecule has 6 heteroatoms. The molecule has 0 saturated carbocycles. The summed E-state index contributed by atoms with van der Waals surface area (Å²) in [5.74, 6) is -0.241. The van der Waals surface area contributed by atoms with E-state index in [-0.39, 0.29) is 24.0 Å². The van der Waals surface area contributed by atoms with Crippen LogP contribution in [0.5, 0.6) is 0 Å². The third kappa shape index (κ3) is 4.29. The molecular formula is C16H23N3O3. The van der Waals surface area contributed by atoms with Gasteiger partial charge in [0.25, 0.3) is 0 Å². The van der Waals surface area contributed by atoms with Gasteiger partial charge in [-0.15, -0.1) is 0 Å². The number of hydrogen-bond acceptors (Lipinski definition) is 4. The maximum Gasteiger partial charge on any atom is 0.249 e. The summed E-state index contributed by atoms with van der Waals surface area (Å²) in [4.78, 5) is 23.3. The van der Waals surface area contributed by atoms with Crippen molar-refractivity contribution in [2.45, 2.75) is 44.9 Å². The lowest BCUT2D eigenvalue weighted by molar-refractivity contribution is -0.132. The molecule has 1 heterocycles. The Labute approximate surface area is 130 Å². The number of carbonyl (C=O) groups excluding carboxylic acids is 2. The van der Waals surface area contributed by atoms with E-state index in [0.29, 0.717) is 18.7 Å². The van der Waals surface area contributed by atoms with Crippen LogP contribution in [-0.4, -0.2) is 30.6 Å². The predicted octanol–water partition coefficient (Wildman–Crippen LogP) is 1.33. The molecule has 22 heavy (non-hydrogen) atoms. The summed E-state index contributed by atoms with van der Waals surface area (Å²) in [7, 11) is 0. The van der Waals surface area contributed by atoms with Crippen LogP contribution in [-0.2, 0) is 14.3 Å². The Balaban J connectivity index is 1.95. The summed E-state index contributed by atoms with van der Waals surface area (Å²) >= 11 is 0. The average molecular weight is 305 g/mol. The number of carbonyl (C=O) groups is 2. The first-order valence-electron chi connectivity index (χ1n) is 7.53. The first-order valence-corrected chi connectivity index (χ1v) is 7.53. The zero-order valence-electron chi connectivity index (χ0n) is 13.0. The summed E-state index contributed by atoms with van der Waals surface area (Å²) in [6.07, 6.45) is 1.08. The molecule has 1 saturated heterocycles. The van der Waals surface area contributed by atoms with Crippen molar-refractivity contribution in [1.82, 2.24) is 5.32 Å². The summed E-state index contributed by atoms with van der Waals surface area (Å²) in [6, 6.07) is 7.26. The summed E-state index contributed by atoms with van der Waals surface area (Å²) in [6.45, 7) is 3.81. The van der Waals surface area contributed by atoms with Gasteiger partial charge in [0.1, 0.15) is 6.10 Å². The van der Waals surface area contributed by atoms with E-state index in [1.54, 1.807) is 0 Å². The number of rotatable bonds is 5. The van der Waals surface area contributed by atoms with Gasteiger partial charge in [-0.25, -0.2) is 0 Å². The lowest BCUT2D eigenvalue weighted by Gasteiger charge is -2.18. The minimum atomic E-state index is -0.422. The van der Waals surface area contributed by atoms with Crippen LogP contribution in [0.1, 0.15) is 38.3 Å². The van der Waals surface area contributed by atoms with Gasteiger partial charge in [-0.2, -0.15) is 0 Å². The lowest BCUT2D eigenvalue weighted by Crippen LogP contribution is -2.37. The van der Waals surface area contributed by atoms with Gasteiger partial charge >= 0.3 is 0 Å². The van der Waals surface area contributed by atoms with E-state index < -0.39 is 6.10 Å². The number of nitrogens with two attached hydrogens (primary N) is 1. The molecule has 4 N–H and O–H groups in total. The van der Waals surface area contributed by atoms with Crippen LogP contribution in [0.15, 0.2) is 24.3 Å². The second-order valence-corrected chi connectivity index (χ2v) is 5.60. The van der Waals surface area contributed by atoms with E-state index >= 15 is 0 Å². The number of amides is 2. The minimum absolute atomic E-state index is 0.0193. The monoisotopic (exact) mass is 305 g/mol. The highest BCUT2D eigenvalue weighted by molar-refractivity contribution is 5.88. The molecule has 2 rings (SSSR count). The molecule has 1 unspecified atom stereocenters. The van der Waals surface area contributed by atoms with Crippen molar-refractivity contribution >= 4 is 17.5 Å². The number of ether oxygens (including phenoxy) is 1. The van der Waals surface area contributed by atoms with Gasteiger partial charge in [-0.3, -0.25) is 9.59 Å². The van der Waals surface area contributed by atoms with E-state index in [4.69, 9.17) is 10.5 Å². The molecule has 1 aliphatic rings. The van der Waals surface area contributed by atoms with Gasteiger partial charge in [-0.1, -0.05) is 12.1 Å². The van der Waals surface area contributed by atoms with Crippen molar-refractivity contribution in [3.05, 3.63) is 29.8 Å². The molecule has 120 valence electrons. The Morgan fingerprint density at radius 3 is 2.82 bits per heavy atom. The molecular weight excluding hydrogens is 282 g/mol. The number of nitrogens with one attached hydrogen (secondary N) is 2. The van der Waals surface area contributed by atoms with Crippen LogP contribution in [0.4, 0.5) is 5.69 Å². The molecule has 0 aliphatic carbocycles. The fourth-order valence-corrected chi connectivity index (χ4v) is 2.55. The smallest absolute Gasteiger partial charge is 0.249 e. The van der Waals surface area contributed by atoms with Gasteiger partial charge in [0.05, 0.1) is 12.1 Å². The number of hydrogen-bond donors (Lipinski definition) is 3. The predicted molar refractivity (Wildman–Crippen MR) is 84.3 cm³/mol. The summed E-state index contributed by atoms with van der Waals surface area (Å²) < 4.78 is 5.59. The zero-order valence-corrected chi connectivity index (χ0v) is 13.0. The van der Waals surface area contributed by atoms with E-state index in [0.717, 1.165) is 12.0 Å². The van der Waals surface area contributed by atoms with Gasteiger partial charge in [0.15, 0.2) is 0 Å². The number of anilines is 1. The Kier molecular flexibility index (Phi) is 5.51. The van der Waals surface area contributed by atoms with E-state index in [1.165, 1.54) is 6.92 Å². The largest absolute Gasteiger partial charge is 0.364 e. The van der Waals surface area contributed by atoms with Crippen LogP contribution in [0, 0.1) is 0 Å². The molecule has 2 amide bonds. The Morgan fingerprint density at radius 2 is 2.18 bits per heavy atom. The molecule has 1 aromatic carbocycles. The Morgan fingerprint density at radius 1 is 1.41 bits per heavy atom. The molecule has 3 atom stereocenters. The maximum atomic E-state index is 12.2. The highest BCUT2D eigenvalue weighted by Crippen LogP contribution is 2.21. The van der Waals surface area contributed by atoms with Crippen molar-refractivity contribution in [2.24, 2.45) is 5.73 Å². The van der Waals surface area contributed by atoms with Gasteiger partial charge in [0.2, 0.25) is 11.8 Å². The maximum absolute atomic E-state index is 12.2. The molecule has 1 aromatic rings. The van der Waals surface area contributed by atoms with Crippen LogP contribution in [0.2, 0.25) is 0 Å². The molecule has 1 fully saturated rings. The average Bonchev–Trinajstić information content (AvgIpc) is 2.95. The van der Waals surface area contributed by atoms with Crippen molar-refractivity contribution < 1.29 is 14.3 Å². The van der Waals surface area contributed by atoms with Crippen molar-refractivity contribution in [3.8, 4) is 0 Å². The highest BCUT2D eigenvalue weighted by atomic mass is 16.5. The van der Waals surface area contributed by atoms with Gasteiger partial charge in [-0.05, 0) is 37.5 Å². The quantitative estimate of drug-likeness (QED) is 0.765. The molecule has 1 aliphatic heterocycles. The normalized spacial score (nSPS) is 22.1. The first kappa shape index (κ1) is 16.5. The number of benzene rings is 1. The summed E-state index contributed by atoms with van der Waals surface area (Å²) in [5.41, 5.74) is 7.19. The molecule has 0 spiro atoms. The Bertz CT molecular complexity index is 547. The molecule has 6 nitrogen and oxygen atoms in total. The van der Waals surface area contributed by atoms with E-state index in [2.05, 4.69) is 10.6 Å². The van der Waals surface area contributed by atoms with Crippen molar-refractivity contribution in [1.29, 1.82) is 0 Å². The zero-order chi connectivity index (χ0) is 16.1. The van der Waals surface area contributed by atoms with Crippen molar-refractivity contribution in [3.63, 3.8) is 0 Å². The van der Waals surface area contributed by atoms with E-state index in [1.807, 2.05) is 31.2 Å². The minimum Gasteiger partial charge on any atom is -0.364 e. The molecule has 0 bridgehead atoms. The lowest BCUT2D eigenvalue weighted by atomic mass is 10.1. The third-order valence-corrected chi connectivity index (χ3v) is 3.73. The van der Waals surface area contributed by atoms with Gasteiger partial charge < -0.3 is 21.1 Å². The second kappa shape index (κ2) is 7.38. The fraction of sp³-hybridized carbons (Fsp3) is 0.500. The fourth-order valence-electron chi connectivity index (χ4n) is 2.55. The first-order chi connectivity index (χ1) is 10.5. The summed E-state index contributed by atoms with van der Waals surface area (Å²) in [5, 5.41) is 5.68. The van der Waals surface area contributed by atoms with Crippen LogP contribution in [0.25, 0.3) is 0 Å². The third-order valence-electron chi connectivity index (χ3n) is 3.73. The molecule has 0 aromatic heterocycles. The SMILES string of the molecule is CC(=O)Nc1cccc(C(C)NC(=O)[C@@H]2CC[C@H](CN)O2)c1. The van der Waals surface area contributed by atoms with E-state index in [9.17, 15) is 9.59 Å². The van der Waals surface area contributed by atoms with Crippen LogP contribution in [0.3, 0.4) is 0 Å².